The molecule has 0 saturated carbocycles. The lowest BCUT2D eigenvalue weighted by Gasteiger charge is -2.36. The third-order valence-electron chi connectivity index (χ3n) is 5.76. The normalized spacial score (nSPS) is 12.9. The van der Waals surface area contributed by atoms with Gasteiger partial charge in [0.05, 0.1) is 5.92 Å². The average molecular weight is 439 g/mol. The van der Waals surface area contributed by atoms with Crippen LogP contribution in [-0.4, -0.2) is 27.3 Å². The lowest BCUT2D eigenvalue weighted by molar-refractivity contribution is -0.365. The first kappa shape index (κ1) is 25.4. The van der Waals surface area contributed by atoms with E-state index in [1.165, 1.54) is 25.7 Å². The second-order valence-electron chi connectivity index (χ2n) is 7.70. The molecular formula is C25H33F3O3. The molecule has 0 bridgehead atoms. The molecule has 0 fully saturated rings. The molecule has 0 aromatic heterocycles. The van der Waals surface area contributed by atoms with Crippen molar-refractivity contribution in [3.63, 3.8) is 0 Å². The molecule has 3 nitrogen and oxygen atoms in total. The van der Waals surface area contributed by atoms with Gasteiger partial charge in [0, 0.05) is 21.3 Å². The number of rotatable bonds is 13. The van der Waals surface area contributed by atoms with Crippen molar-refractivity contribution in [1.82, 2.24) is 0 Å². The molecule has 2 rings (SSSR count). The van der Waals surface area contributed by atoms with E-state index in [2.05, 4.69) is 6.92 Å². The fourth-order valence-corrected chi connectivity index (χ4v) is 3.98. The predicted octanol–water partition coefficient (Wildman–Crippen LogP) is 7.20. The van der Waals surface area contributed by atoms with Gasteiger partial charge in [-0.25, -0.2) is 13.2 Å². The summed E-state index contributed by atoms with van der Waals surface area (Å²) in [5, 5.41) is 0. The summed E-state index contributed by atoms with van der Waals surface area (Å²) in [5.41, 5.74) is 1.77. The Hall–Kier alpha value is -1.89. The van der Waals surface area contributed by atoms with Crippen molar-refractivity contribution in [1.29, 1.82) is 0 Å². The zero-order valence-electron chi connectivity index (χ0n) is 18.8. The van der Waals surface area contributed by atoms with E-state index in [1.54, 1.807) is 33.5 Å². The molecule has 2 aromatic rings. The highest BCUT2D eigenvalue weighted by Crippen LogP contribution is 2.38. The Morgan fingerprint density at radius 1 is 0.742 bits per heavy atom. The maximum Gasteiger partial charge on any atom is 0.289 e. The molecule has 1 unspecified atom stereocenters. The number of unbranched alkanes of at least 4 members (excludes halogenated alkanes) is 5. The Morgan fingerprint density at radius 2 is 1.26 bits per heavy atom. The standard InChI is InChI=1S/C25H33F3O3/c1-5-6-7-8-9-10-11-21(25(29-2,30-3)31-4)19-14-12-18(13-15-19)20-16-22(26)24(28)23(27)17-20/h12-17,21H,5-11H2,1-4H3. The highest BCUT2D eigenvalue weighted by Gasteiger charge is 2.40. The molecule has 31 heavy (non-hydrogen) atoms. The van der Waals surface area contributed by atoms with Crippen LogP contribution in [0.25, 0.3) is 11.1 Å². The van der Waals surface area contributed by atoms with Crippen molar-refractivity contribution in [2.75, 3.05) is 21.3 Å². The lowest BCUT2D eigenvalue weighted by Crippen LogP contribution is -2.42. The molecule has 0 aliphatic carbocycles. The molecule has 2 aromatic carbocycles. The van der Waals surface area contributed by atoms with Gasteiger partial charge in [0.15, 0.2) is 17.5 Å². The van der Waals surface area contributed by atoms with Gasteiger partial charge in [-0.2, -0.15) is 0 Å². The van der Waals surface area contributed by atoms with Crippen molar-refractivity contribution < 1.29 is 27.4 Å². The van der Waals surface area contributed by atoms with E-state index in [0.29, 0.717) is 5.56 Å². The van der Waals surface area contributed by atoms with Crippen LogP contribution in [0.5, 0.6) is 0 Å². The second kappa shape index (κ2) is 12.2. The van der Waals surface area contributed by atoms with Crippen molar-refractivity contribution in [3.05, 3.63) is 59.4 Å². The largest absolute Gasteiger partial charge is 0.330 e. The fraction of sp³-hybridized carbons (Fsp3) is 0.520. The Bertz CT molecular complexity index is 773. The minimum Gasteiger partial charge on any atom is -0.330 e. The van der Waals surface area contributed by atoms with E-state index in [0.717, 1.165) is 37.0 Å². The zero-order valence-corrected chi connectivity index (χ0v) is 18.8. The van der Waals surface area contributed by atoms with Gasteiger partial charge in [-0.15, -0.1) is 0 Å². The molecule has 0 radical (unpaired) electrons. The molecule has 0 aliphatic heterocycles. The topological polar surface area (TPSA) is 27.7 Å². The Morgan fingerprint density at radius 3 is 1.77 bits per heavy atom. The Balaban J connectivity index is 2.25. The van der Waals surface area contributed by atoms with Crippen LogP contribution in [0.3, 0.4) is 0 Å². The molecule has 0 amide bonds. The third kappa shape index (κ3) is 6.31. The van der Waals surface area contributed by atoms with E-state index >= 15 is 0 Å². The first-order valence-electron chi connectivity index (χ1n) is 10.8. The number of methoxy groups -OCH3 is 3. The van der Waals surface area contributed by atoms with Crippen LogP contribution in [0, 0.1) is 17.5 Å². The summed E-state index contributed by atoms with van der Waals surface area (Å²) in [7, 11) is 4.62. The van der Waals surface area contributed by atoms with E-state index in [1.807, 2.05) is 12.1 Å². The Labute approximate surface area is 183 Å². The van der Waals surface area contributed by atoms with Gasteiger partial charge in [0.25, 0.3) is 5.97 Å². The first-order valence-corrected chi connectivity index (χ1v) is 10.8. The molecule has 0 aliphatic rings. The van der Waals surface area contributed by atoms with Gasteiger partial charge >= 0.3 is 0 Å². The molecule has 6 heteroatoms. The van der Waals surface area contributed by atoms with Crippen LogP contribution < -0.4 is 0 Å². The summed E-state index contributed by atoms with van der Waals surface area (Å²) in [5.74, 6) is -5.33. The maximum absolute atomic E-state index is 13.6. The minimum atomic E-state index is -1.47. The summed E-state index contributed by atoms with van der Waals surface area (Å²) in [6.07, 6.45) is 7.75. The quantitative estimate of drug-likeness (QED) is 0.188. The lowest BCUT2D eigenvalue weighted by atomic mass is 9.89. The SMILES string of the molecule is CCCCCCCCC(c1ccc(-c2cc(F)c(F)c(F)c2)cc1)C(OC)(OC)OC. The summed E-state index contributed by atoms with van der Waals surface area (Å²) < 4.78 is 57.4. The summed E-state index contributed by atoms with van der Waals surface area (Å²) in [6.45, 7) is 2.19. The van der Waals surface area contributed by atoms with Crippen molar-refractivity contribution in [3.8, 4) is 11.1 Å². The van der Waals surface area contributed by atoms with Gasteiger partial charge in [0.1, 0.15) is 0 Å². The van der Waals surface area contributed by atoms with Crippen molar-refractivity contribution >= 4 is 0 Å². The minimum absolute atomic E-state index is 0.200. The molecule has 0 heterocycles. The highest BCUT2D eigenvalue weighted by atomic mass is 19.2. The molecule has 0 spiro atoms. The van der Waals surface area contributed by atoms with Gasteiger partial charge in [-0.1, -0.05) is 69.7 Å². The average Bonchev–Trinajstić information content (AvgIpc) is 2.79. The number of benzene rings is 2. The second-order valence-corrected chi connectivity index (χ2v) is 7.70. The van der Waals surface area contributed by atoms with Gasteiger partial charge in [-0.3, -0.25) is 0 Å². The van der Waals surface area contributed by atoms with Gasteiger partial charge in [-0.05, 0) is 35.2 Å². The molecule has 0 N–H and O–H groups in total. The van der Waals surface area contributed by atoms with Crippen LogP contribution in [0.4, 0.5) is 13.2 Å². The van der Waals surface area contributed by atoms with E-state index < -0.39 is 23.4 Å². The number of ether oxygens (including phenoxy) is 3. The number of halogens is 3. The molecule has 1 atom stereocenters. The van der Waals surface area contributed by atoms with Crippen molar-refractivity contribution in [2.24, 2.45) is 0 Å². The van der Waals surface area contributed by atoms with Crippen LogP contribution in [0.15, 0.2) is 36.4 Å². The highest BCUT2D eigenvalue weighted by molar-refractivity contribution is 5.64. The summed E-state index contributed by atoms with van der Waals surface area (Å²) in [4.78, 5) is 0. The third-order valence-corrected chi connectivity index (χ3v) is 5.76. The van der Waals surface area contributed by atoms with E-state index in [4.69, 9.17) is 14.2 Å². The van der Waals surface area contributed by atoms with Crippen LogP contribution >= 0.6 is 0 Å². The van der Waals surface area contributed by atoms with Gasteiger partial charge in [0.2, 0.25) is 0 Å². The Kier molecular flexibility index (Phi) is 10.0. The van der Waals surface area contributed by atoms with Crippen LogP contribution in [-0.2, 0) is 14.2 Å². The van der Waals surface area contributed by atoms with E-state index in [-0.39, 0.29) is 11.5 Å². The summed E-state index contributed by atoms with van der Waals surface area (Å²) in [6, 6.07) is 9.21. The van der Waals surface area contributed by atoms with Gasteiger partial charge < -0.3 is 14.2 Å². The van der Waals surface area contributed by atoms with E-state index in [9.17, 15) is 13.2 Å². The maximum atomic E-state index is 13.6. The molecular weight excluding hydrogens is 405 g/mol. The monoisotopic (exact) mass is 438 g/mol. The van der Waals surface area contributed by atoms with Crippen LogP contribution in [0.2, 0.25) is 0 Å². The van der Waals surface area contributed by atoms with Crippen molar-refractivity contribution in [2.45, 2.75) is 63.8 Å². The molecule has 0 saturated heterocycles. The summed E-state index contributed by atoms with van der Waals surface area (Å²) >= 11 is 0. The fourth-order valence-electron chi connectivity index (χ4n) is 3.98. The zero-order chi connectivity index (χ0) is 22.9. The predicted molar refractivity (Wildman–Crippen MR) is 116 cm³/mol. The number of hydrogen-bond donors (Lipinski definition) is 0. The smallest absolute Gasteiger partial charge is 0.289 e. The first-order chi connectivity index (χ1) is 14.9. The van der Waals surface area contributed by atoms with Crippen LogP contribution in [0.1, 0.15) is 63.4 Å². The number of hydrogen-bond acceptors (Lipinski definition) is 3. The molecule has 172 valence electrons.